The summed E-state index contributed by atoms with van der Waals surface area (Å²) in [5.41, 5.74) is 0.0516. The normalized spacial score (nSPS) is 9.77. The number of methoxy groups -OCH3 is 1. The molecule has 1 aromatic carbocycles. The Morgan fingerprint density at radius 1 is 1.62 bits per heavy atom. The van der Waals surface area contributed by atoms with Crippen LogP contribution in [0.4, 0.5) is 0 Å². The molecule has 70 valence electrons. The molecule has 0 saturated heterocycles. The first-order chi connectivity index (χ1) is 6.06. The van der Waals surface area contributed by atoms with Crippen molar-refractivity contribution in [3.8, 4) is 5.75 Å². The topological polar surface area (TPSA) is 46.5 Å². The summed E-state index contributed by atoms with van der Waals surface area (Å²) in [6.07, 6.45) is 0. The van der Waals surface area contributed by atoms with Crippen molar-refractivity contribution in [2.45, 2.75) is 0 Å². The molecule has 0 radical (unpaired) electrons. The van der Waals surface area contributed by atoms with Crippen molar-refractivity contribution in [3.05, 3.63) is 27.2 Å². The Kier molecular flexibility index (Phi) is 3.17. The molecule has 0 fully saturated rings. The highest BCUT2D eigenvalue weighted by Crippen LogP contribution is 2.30. The second-order valence-electron chi connectivity index (χ2n) is 2.27. The molecule has 5 heteroatoms. The first-order valence-electron chi connectivity index (χ1n) is 3.32. The van der Waals surface area contributed by atoms with E-state index in [-0.39, 0.29) is 11.3 Å². The van der Waals surface area contributed by atoms with Gasteiger partial charge in [-0.2, -0.15) is 0 Å². The van der Waals surface area contributed by atoms with E-state index < -0.39 is 5.97 Å². The van der Waals surface area contributed by atoms with Gasteiger partial charge in [0, 0.05) is 4.47 Å². The van der Waals surface area contributed by atoms with Gasteiger partial charge >= 0.3 is 5.97 Å². The quantitative estimate of drug-likeness (QED) is 0.894. The monoisotopic (exact) mass is 264 g/mol. The zero-order valence-corrected chi connectivity index (χ0v) is 9.02. The predicted molar refractivity (Wildman–Crippen MR) is 52.7 cm³/mol. The highest BCUT2D eigenvalue weighted by atomic mass is 79.9. The van der Waals surface area contributed by atoms with Crippen LogP contribution in [0.1, 0.15) is 10.4 Å². The summed E-state index contributed by atoms with van der Waals surface area (Å²) in [5, 5.41) is 9.10. The van der Waals surface area contributed by atoms with Crippen LogP contribution in [0, 0.1) is 0 Å². The van der Waals surface area contributed by atoms with Crippen LogP contribution >= 0.6 is 27.5 Å². The minimum atomic E-state index is -1.06. The average molecular weight is 265 g/mol. The summed E-state index contributed by atoms with van der Waals surface area (Å²) < 4.78 is 5.48. The molecule has 0 aliphatic rings. The molecule has 0 atom stereocenters. The van der Waals surface area contributed by atoms with Crippen LogP contribution in [-0.2, 0) is 0 Å². The second kappa shape index (κ2) is 3.98. The van der Waals surface area contributed by atoms with E-state index in [2.05, 4.69) is 15.9 Å². The second-order valence-corrected chi connectivity index (χ2v) is 3.53. The molecule has 13 heavy (non-hydrogen) atoms. The van der Waals surface area contributed by atoms with E-state index in [0.29, 0.717) is 9.50 Å². The van der Waals surface area contributed by atoms with E-state index in [1.807, 2.05) is 0 Å². The number of aromatic carboxylic acids is 1. The molecule has 0 bridgehead atoms. The molecule has 0 heterocycles. The predicted octanol–water partition coefficient (Wildman–Crippen LogP) is 2.81. The van der Waals surface area contributed by atoms with Gasteiger partial charge < -0.3 is 9.84 Å². The minimum absolute atomic E-state index is 0.0516. The fourth-order valence-corrected chi connectivity index (χ4v) is 1.35. The maximum atomic E-state index is 10.7. The molecule has 0 aliphatic heterocycles. The van der Waals surface area contributed by atoms with Gasteiger partial charge in [0.1, 0.15) is 11.3 Å². The number of carbonyl (C=O) groups is 1. The van der Waals surface area contributed by atoms with Crippen LogP contribution in [0.2, 0.25) is 5.02 Å². The summed E-state index contributed by atoms with van der Waals surface area (Å²) in [4.78, 5) is 10.7. The number of hydrogen-bond acceptors (Lipinski definition) is 2. The Morgan fingerprint density at radius 3 is 2.69 bits per heavy atom. The molecule has 0 saturated carbocycles. The number of benzene rings is 1. The number of ether oxygens (including phenoxy) is 1. The molecule has 0 aliphatic carbocycles. The zero-order valence-electron chi connectivity index (χ0n) is 6.67. The number of halogens is 2. The summed E-state index contributed by atoms with van der Waals surface area (Å²) in [7, 11) is 1.40. The molecule has 1 N–H and O–H groups in total. The summed E-state index contributed by atoms with van der Waals surface area (Å²) in [5.74, 6) is -0.782. The van der Waals surface area contributed by atoms with Crippen LogP contribution in [0.25, 0.3) is 0 Å². The maximum Gasteiger partial charge on any atom is 0.339 e. The third-order valence-corrected chi connectivity index (χ3v) is 2.67. The first-order valence-corrected chi connectivity index (χ1v) is 4.49. The summed E-state index contributed by atoms with van der Waals surface area (Å²) in [6.45, 7) is 0. The van der Waals surface area contributed by atoms with E-state index in [0.717, 1.165) is 0 Å². The van der Waals surface area contributed by atoms with Crippen molar-refractivity contribution < 1.29 is 14.6 Å². The number of carboxylic acid groups (broad SMARTS) is 1. The van der Waals surface area contributed by atoms with Gasteiger partial charge in [-0.05, 0) is 28.1 Å². The lowest BCUT2D eigenvalue weighted by Gasteiger charge is -2.06. The molecule has 3 nitrogen and oxygen atoms in total. The standard InChI is InChI=1S/C8H6BrClO3/c1-13-7-3-5(9)6(10)2-4(7)8(11)12/h2-3H,1H3,(H,11,12). The van der Waals surface area contributed by atoms with Crippen molar-refractivity contribution in [1.29, 1.82) is 0 Å². The van der Waals surface area contributed by atoms with Crippen molar-refractivity contribution in [3.63, 3.8) is 0 Å². The number of carboxylic acids is 1. The third-order valence-electron chi connectivity index (χ3n) is 1.47. The van der Waals surface area contributed by atoms with Gasteiger partial charge in [-0.1, -0.05) is 11.6 Å². The minimum Gasteiger partial charge on any atom is -0.496 e. The largest absolute Gasteiger partial charge is 0.496 e. The van der Waals surface area contributed by atoms with Gasteiger partial charge in [-0.15, -0.1) is 0 Å². The van der Waals surface area contributed by atoms with Gasteiger partial charge in [0.05, 0.1) is 12.1 Å². The van der Waals surface area contributed by atoms with E-state index in [1.165, 1.54) is 19.2 Å². The van der Waals surface area contributed by atoms with Crippen LogP contribution < -0.4 is 4.74 Å². The smallest absolute Gasteiger partial charge is 0.339 e. The number of rotatable bonds is 2. The Balaban J connectivity index is 3.33. The SMILES string of the molecule is COc1cc(Br)c(Cl)cc1C(=O)O. The lowest BCUT2D eigenvalue weighted by molar-refractivity contribution is 0.0693. The Hall–Kier alpha value is -0.740. The summed E-state index contributed by atoms with van der Waals surface area (Å²) in [6, 6.07) is 2.86. The van der Waals surface area contributed by atoms with Crippen molar-refractivity contribution >= 4 is 33.5 Å². The molecular weight excluding hydrogens is 259 g/mol. The van der Waals surface area contributed by atoms with E-state index in [9.17, 15) is 4.79 Å². The summed E-state index contributed by atoms with van der Waals surface area (Å²) >= 11 is 8.89. The van der Waals surface area contributed by atoms with E-state index >= 15 is 0 Å². The molecule has 1 rings (SSSR count). The maximum absolute atomic E-state index is 10.7. The van der Waals surface area contributed by atoms with Crippen LogP contribution in [0.15, 0.2) is 16.6 Å². The highest BCUT2D eigenvalue weighted by Gasteiger charge is 2.13. The van der Waals surface area contributed by atoms with Gasteiger partial charge in [-0.3, -0.25) is 0 Å². The molecule has 0 aromatic heterocycles. The van der Waals surface area contributed by atoms with Gasteiger partial charge in [-0.25, -0.2) is 4.79 Å². The average Bonchev–Trinajstić information content (AvgIpc) is 2.08. The molecule has 0 amide bonds. The number of hydrogen-bond donors (Lipinski definition) is 1. The van der Waals surface area contributed by atoms with E-state index in [1.54, 1.807) is 0 Å². The van der Waals surface area contributed by atoms with Gasteiger partial charge in [0.2, 0.25) is 0 Å². The van der Waals surface area contributed by atoms with Crippen LogP contribution in [0.5, 0.6) is 5.75 Å². The Morgan fingerprint density at radius 2 is 2.23 bits per heavy atom. The third kappa shape index (κ3) is 2.14. The highest BCUT2D eigenvalue weighted by molar-refractivity contribution is 9.10. The molecule has 0 unspecified atom stereocenters. The zero-order chi connectivity index (χ0) is 10.0. The van der Waals surface area contributed by atoms with Crippen molar-refractivity contribution in [1.82, 2.24) is 0 Å². The van der Waals surface area contributed by atoms with Crippen molar-refractivity contribution in [2.24, 2.45) is 0 Å². The lowest BCUT2D eigenvalue weighted by atomic mass is 10.2. The molecule has 0 spiro atoms. The van der Waals surface area contributed by atoms with Gasteiger partial charge in [0.15, 0.2) is 0 Å². The first kappa shape index (κ1) is 10.3. The fourth-order valence-electron chi connectivity index (χ4n) is 0.865. The Labute approximate surface area is 88.4 Å². The fraction of sp³-hybridized carbons (Fsp3) is 0.125. The van der Waals surface area contributed by atoms with Crippen molar-refractivity contribution in [2.75, 3.05) is 7.11 Å². The van der Waals surface area contributed by atoms with Gasteiger partial charge in [0.25, 0.3) is 0 Å². The van der Waals surface area contributed by atoms with E-state index in [4.69, 9.17) is 21.4 Å². The van der Waals surface area contributed by atoms with Crippen LogP contribution in [0.3, 0.4) is 0 Å². The lowest BCUT2D eigenvalue weighted by Crippen LogP contribution is -2.00. The Bertz CT molecular complexity index is 351. The molecule has 1 aromatic rings. The molecular formula is C8H6BrClO3. The van der Waals surface area contributed by atoms with Crippen LogP contribution in [-0.4, -0.2) is 18.2 Å².